The van der Waals surface area contributed by atoms with Gasteiger partial charge < -0.3 is 32.3 Å². The van der Waals surface area contributed by atoms with Crippen LogP contribution in [0.3, 0.4) is 0 Å². The van der Waals surface area contributed by atoms with E-state index in [9.17, 15) is 0 Å². The fourth-order valence-corrected chi connectivity index (χ4v) is 10.8. The second kappa shape index (κ2) is 22.4. The lowest BCUT2D eigenvalue weighted by Crippen LogP contribution is -2.46. The normalized spacial score (nSPS) is 14.2. The molecular weight excluding hydrogens is 493 g/mol. The van der Waals surface area contributed by atoms with Gasteiger partial charge in [-0.15, -0.1) is 0 Å². The third kappa shape index (κ3) is 15.4. The van der Waals surface area contributed by atoms with Crippen LogP contribution in [0.15, 0.2) is 0 Å². The summed E-state index contributed by atoms with van der Waals surface area (Å²) < 4.78 is 30.5. The third-order valence-corrected chi connectivity index (χ3v) is 14.1. The minimum absolute atomic E-state index is 0.124. The summed E-state index contributed by atoms with van der Waals surface area (Å²) in [5.74, 6) is 0. The van der Waals surface area contributed by atoms with E-state index < -0.39 is 18.1 Å². The van der Waals surface area contributed by atoms with Crippen molar-refractivity contribution in [2.75, 3.05) is 65.4 Å². The van der Waals surface area contributed by atoms with Crippen LogP contribution in [-0.2, 0) is 22.1 Å². The van der Waals surface area contributed by atoms with Crippen LogP contribution in [-0.4, -0.2) is 97.9 Å². The van der Waals surface area contributed by atoms with E-state index in [-0.39, 0.29) is 4.66 Å². The highest BCUT2D eigenvalue weighted by atomic mass is 28.4. The Morgan fingerprint density at radius 3 is 1.83 bits per heavy atom. The Balaban J connectivity index is 4.74. The van der Waals surface area contributed by atoms with Crippen molar-refractivity contribution in [3.63, 3.8) is 0 Å². The predicted octanol–water partition coefficient (Wildman–Crippen LogP) is 4.86. The fourth-order valence-electron chi connectivity index (χ4n) is 4.19. The molecule has 7 nitrogen and oxygen atoms in total. The first-order valence-electron chi connectivity index (χ1n) is 14.1. The molecule has 0 rings (SSSR count). The number of unbranched alkanes of at least 4 members (excludes halogenated alkanes) is 2. The van der Waals surface area contributed by atoms with Gasteiger partial charge in [-0.3, -0.25) is 0 Å². The van der Waals surface area contributed by atoms with Crippen molar-refractivity contribution in [3.05, 3.63) is 0 Å². The zero-order chi connectivity index (χ0) is 26.4. The Labute approximate surface area is 223 Å². The van der Waals surface area contributed by atoms with Crippen LogP contribution >= 0.6 is 0 Å². The molecule has 0 saturated heterocycles. The van der Waals surface area contributed by atoms with E-state index in [1.165, 1.54) is 32.2 Å². The molecule has 0 aliphatic heterocycles. The van der Waals surface area contributed by atoms with Gasteiger partial charge in [0.05, 0.1) is 9.52 Å². The van der Waals surface area contributed by atoms with Crippen LogP contribution in [0.2, 0.25) is 10.7 Å². The molecule has 0 spiro atoms. The molecule has 209 valence electrons. The van der Waals surface area contributed by atoms with Crippen molar-refractivity contribution in [1.82, 2.24) is 10.2 Å². The topological polar surface area (TPSA) is 61.4 Å². The lowest BCUT2D eigenvalue weighted by molar-refractivity contribution is 0.0708. The molecule has 0 amide bonds. The van der Waals surface area contributed by atoms with E-state index in [0.29, 0.717) is 19.8 Å². The molecule has 0 aromatic carbocycles. The van der Waals surface area contributed by atoms with Crippen LogP contribution in [0.25, 0.3) is 0 Å². The Morgan fingerprint density at radius 1 is 0.771 bits per heavy atom. The van der Waals surface area contributed by atoms with Crippen molar-refractivity contribution in [1.29, 1.82) is 0 Å². The van der Waals surface area contributed by atoms with Gasteiger partial charge in [0.25, 0.3) is 0 Å². The highest BCUT2D eigenvalue weighted by Crippen LogP contribution is 2.35. The maximum atomic E-state index is 6.19. The SMILES string of the molecule is CCO[Si](OCC)C(C)(CCCCCN(CC)CC)[Si]CNCCC[Si](OCC)(OCC)OCC. The van der Waals surface area contributed by atoms with E-state index in [4.69, 9.17) is 22.1 Å². The molecule has 0 aromatic rings. The molecule has 1 atom stereocenters. The van der Waals surface area contributed by atoms with E-state index in [1.54, 1.807) is 0 Å². The average molecular weight is 550 g/mol. The molecule has 0 aromatic heterocycles. The lowest BCUT2D eigenvalue weighted by atomic mass is 10.1. The molecule has 0 fully saturated rings. The molecule has 35 heavy (non-hydrogen) atoms. The monoisotopic (exact) mass is 549 g/mol. The minimum atomic E-state index is -2.55. The van der Waals surface area contributed by atoms with Gasteiger partial charge in [0.15, 0.2) is 0 Å². The van der Waals surface area contributed by atoms with Crippen LogP contribution < -0.4 is 5.32 Å². The molecule has 10 heteroatoms. The number of hydrogen-bond donors (Lipinski definition) is 1. The van der Waals surface area contributed by atoms with Crippen LogP contribution in [0.1, 0.15) is 87.5 Å². The molecule has 0 bridgehead atoms. The van der Waals surface area contributed by atoms with Crippen molar-refractivity contribution >= 4 is 27.6 Å². The van der Waals surface area contributed by atoms with Crippen molar-refractivity contribution in [2.45, 2.75) is 98.2 Å². The Bertz CT molecular complexity index is 455. The zero-order valence-electron chi connectivity index (χ0n) is 24.3. The van der Waals surface area contributed by atoms with E-state index in [2.05, 4.69) is 44.8 Å². The first-order chi connectivity index (χ1) is 16.9. The van der Waals surface area contributed by atoms with Crippen LogP contribution in [0.4, 0.5) is 0 Å². The third-order valence-electron chi connectivity index (χ3n) is 6.08. The summed E-state index contributed by atoms with van der Waals surface area (Å²) >= 11 is 0. The van der Waals surface area contributed by atoms with Crippen molar-refractivity contribution < 1.29 is 22.1 Å². The van der Waals surface area contributed by atoms with Crippen molar-refractivity contribution in [3.8, 4) is 0 Å². The van der Waals surface area contributed by atoms with Gasteiger partial charge in [-0.2, -0.15) is 0 Å². The Kier molecular flexibility index (Phi) is 22.6. The fraction of sp³-hybridized carbons (Fsp3) is 1.00. The second-order valence-electron chi connectivity index (χ2n) is 8.76. The van der Waals surface area contributed by atoms with E-state index >= 15 is 0 Å². The number of nitrogens with zero attached hydrogens (tertiary/aromatic N) is 1. The first-order valence-corrected chi connectivity index (χ1v) is 18.6. The van der Waals surface area contributed by atoms with E-state index in [1.807, 2.05) is 20.8 Å². The van der Waals surface area contributed by atoms with Gasteiger partial charge in [-0.25, -0.2) is 0 Å². The highest BCUT2D eigenvalue weighted by Gasteiger charge is 2.41. The minimum Gasteiger partial charge on any atom is -0.394 e. The van der Waals surface area contributed by atoms with Gasteiger partial charge in [0, 0.05) is 43.7 Å². The smallest absolute Gasteiger partial charge is 0.394 e. The molecule has 0 saturated carbocycles. The zero-order valence-corrected chi connectivity index (χ0v) is 27.3. The van der Waals surface area contributed by atoms with Gasteiger partial charge in [0.1, 0.15) is 0 Å². The summed E-state index contributed by atoms with van der Waals surface area (Å²) in [5.41, 5.74) is 0. The quantitative estimate of drug-likeness (QED) is 0.122. The van der Waals surface area contributed by atoms with Gasteiger partial charge in [-0.1, -0.05) is 33.6 Å². The molecule has 0 aliphatic carbocycles. The summed E-state index contributed by atoms with van der Waals surface area (Å²) in [6.07, 6.45) is 6.95. The van der Waals surface area contributed by atoms with Gasteiger partial charge >= 0.3 is 18.1 Å². The second-order valence-corrected chi connectivity index (χ2v) is 16.1. The molecule has 1 unspecified atom stereocenters. The number of rotatable bonds is 26. The lowest BCUT2D eigenvalue weighted by Gasteiger charge is -2.34. The van der Waals surface area contributed by atoms with Crippen LogP contribution in [0.5, 0.6) is 0 Å². The summed E-state index contributed by atoms with van der Waals surface area (Å²) in [5, 5.41) is 3.68. The molecule has 1 N–H and O–H groups in total. The molecule has 0 aliphatic rings. The first kappa shape index (κ1) is 35.4. The maximum absolute atomic E-state index is 6.19. The molecule has 3 radical (unpaired) electrons. The largest absolute Gasteiger partial charge is 0.500 e. The average Bonchev–Trinajstić information content (AvgIpc) is 2.84. The van der Waals surface area contributed by atoms with Crippen molar-refractivity contribution in [2.24, 2.45) is 0 Å². The van der Waals surface area contributed by atoms with Gasteiger partial charge in [0.2, 0.25) is 0 Å². The number of hydrogen-bond acceptors (Lipinski definition) is 7. The standard InChI is InChI=1S/C25H57N2O5Si3/c1-9-27(10-2)22-18-16-17-20-25(8,34(28-11-3)29-12-4)33-24-26-21-19-23-35(30-13-5,31-14-6)32-15-7/h26H,9-24H2,1-8H3. The summed E-state index contributed by atoms with van der Waals surface area (Å²) in [7, 11) is -3.10. The summed E-state index contributed by atoms with van der Waals surface area (Å²) in [4.78, 5) is 2.51. The van der Waals surface area contributed by atoms with Gasteiger partial charge in [-0.05, 0) is 86.2 Å². The summed E-state index contributed by atoms with van der Waals surface area (Å²) in [6.45, 7) is 24.9. The maximum Gasteiger partial charge on any atom is 0.500 e. The van der Waals surface area contributed by atoms with Crippen LogP contribution in [0, 0.1) is 0 Å². The Hall–Kier alpha value is 0.371. The summed E-state index contributed by atoms with van der Waals surface area (Å²) in [6, 6.07) is 0.857. The molecule has 0 heterocycles. The predicted molar refractivity (Wildman–Crippen MR) is 152 cm³/mol. The Morgan fingerprint density at radius 2 is 1.34 bits per heavy atom. The number of nitrogens with one attached hydrogen (secondary N) is 1. The molecular formula is C25H57N2O5Si3. The van der Waals surface area contributed by atoms with E-state index in [0.717, 1.165) is 61.0 Å². The highest BCUT2D eigenvalue weighted by molar-refractivity contribution is 6.66.